The van der Waals surface area contributed by atoms with Gasteiger partial charge in [-0.1, -0.05) is 6.07 Å². The Morgan fingerprint density at radius 2 is 2.47 bits per heavy atom. The largest absolute Gasteiger partial charge is 0.468 e. The van der Waals surface area contributed by atoms with Crippen LogP contribution in [0.1, 0.15) is 17.7 Å². The molecule has 5 heteroatoms. The van der Waals surface area contributed by atoms with Gasteiger partial charge in [-0.3, -0.25) is 10.1 Å². The van der Waals surface area contributed by atoms with Gasteiger partial charge in [-0.15, -0.1) is 11.3 Å². The molecule has 1 atom stereocenters. The van der Waals surface area contributed by atoms with E-state index >= 15 is 0 Å². The van der Waals surface area contributed by atoms with Gasteiger partial charge in [0.2, 0.25) is 0 Å². The SMILES string of the molecule is COC(=O)C(CCCSC)NCc1cccs1. The summed E-state index contributed by atoms with van der Waals surface area (Å²) in [4.78, 5) is 12.8. The summed E-state index contributed by atoms with van der Waals surface area (Å²) in [5.74, 6) is 0.913. The number of thiophene rings is 1. The van der Waals surface area contributed by atoms with Crippen molar-refractivity contribution < 1.29 is 9.53 Å². The first kappa shape index (κ1) is 14.5. The maximum Gasteiger partial charge on any atom is 0.322 e. The Labute approximate surface area is 111 Å². The van der Waals surface area contributed by atoms with Crippen LogP contribution in [-0.2, 0) is 16.1 Å². The molecule has 1 unspecified atom stereocenters. The molecule has 1 N–H and O–H groups in total. The lowest BCUT2D eigenvalue weighted by molar-refractivity contribution is -0.143. The van der Waals surface area contributed by atoms with E-state index in [4.69, 9.17) is 4.74 Å². The molecular weight excluding hydrogens is 254 g/mol. The molecule has 0 aliphatic rings. The monoisotopic (exact) mass is 273 g/mol. The summed E-state index contributed by atoms with van der Waals surface area (Å²) >= 11 is 3.49. The second-order valence-electron chi connectivity index (χ2n) is 3.67. The number of carbonyl (C=O) groups is 1. The lowest BCUT2D eigenvalue weighted by Crippen LogP contribution is -2.37. The number of methoxy groups -OCH3 is 1. The summed E-state index contributed by atoms with van der Waals surface area (Å²) in [7, 11) is 1.44. The molecule has 1 heterocycles. The normalized spacial score (nSPS) is 12.4. The molecule has 1 aromatic rings. The van der Waals surface area contributed by atoms with Gasteiger partial charge in [0.05, 0.1) is 7.11 Å². The first-order chi connectivity index (χ1) is 8.27. The third-order valence-corrected chi connectivity index (χ3v) is 4.00. The Morgan fingerprint density at radius 1 is 1.65 bits per heavy atom. The highest BCUT2D eigenvalue weighted by Gasteiger charge is 2.17. The second kappa shape index (κ2) is 8.55. The number of carbonyl (C=O) groups excluding carboxylic acids is 1. The van der Waals surface area contributed by atoms with Crippen LogP contribution < -0.4 is 5.32 Å². The van der Waals surface area contributed by atoms with Crippen molar-refractivity contribution in [2.75, 3.05) is 19.1 Å². The van der Waals surface area contributed by atoms with Crippen LogP contribution in [0.5, 0.6) is 0 Å². The minimum Gasteiger partial charge on any atom is -0.468 e. The molecule has 17 heavy (non-hydrogen) atoms. The van der Waals surface area contributed by atoms with Gasteiger partial charge < -0.3 is 4.74 Å². The summed E-state index contributed by atoms with van der Waals surface area (Å²) in [6.07, 6.45) is 3.93. The molecule has 0 saturated heterocycles. The van der Waals surface area contributed by atoms with E-state index in [1.54, 1.807) is 23.1 Å². The zero-order valence-electron chi connectivity index (χ0n) is 10.3. The predicted octanol–water partition coefficient (Wildman–Crippen LogP) is 2.52. The van der Waals surface area contributed by atoms with E-state index in [2.05, 4.69) is 17.6 Å². The lowest BCUT2D eigenvalue weighted by Gasteiger charge is -2.15. The fraction of sp³-hybridized carbons (Fsp3) is 0.583. The van der Waals surface area contributed by atoms with E-state index in [0.29, 0.717) is 0 Å². The molecule has 0 amide bonds. The van der Waals surface area contributed by atoms with Gasteiger partial charge >= 0.3 is 5.97 Å². The topological polar surface area (TPSA) is 38.3 Å². The smallest absolute Gasteiger partial charge is 0.322 e. The Balaban J connectivity index is 2.37. The van der Waals surface area contributed by atoms with Crippen LogP contribution in [0, 0.1) is 0 Å². The van der Waals surface area contributed by atoms with Crippen LogP contribution in [0.4, 0.5) is 0 Å². The summed E-state index contributed by atoms with van der Waals surface area (Å²) < 4.78 is 4.81. The molecule has 0 bridgehead atoms. The van der Waals surface area contributed by atoms with Crippen LogP contribution in [-0.4, -0.2) is 31.1 Å². The minimum atomic E-state index is -0.186. The number of esters is 1. The van der Waals surface area contributed by atoms with Gasteiger partial charge in [0.25, 0.3) is 0 Å². The van der Waals surface area contributed by atoms with Crippen molar-refractivity contribution in [3.63, 3.8) is 0 Å². The maximum absolute atomic E-state index is 11.6. The van der Waals surface area contributed by atoms with Gasteiger partial charge in [-0.05, 0) is 36.3 Å². The molecule has 3 nitrogen and oxygen atoms in total. The van der Waals surface area contributed by atoms with Crippen molar-refractivity contribution in [1.82, 2.24) is 5.32 Å². The van der Waals surface area contributed by atoms with Gasteiger partial charge in [0.1, 0.15) is 6.04 Å². The van der Waals surface area contributed by atoms with Gasteiger partial charge in [-0.2, -0.15) is 11.8 Å². The van der Waals surface area contributed by atoms with Gasteiger partial charge in [-0.25, -0.2) is 0 Å². The van der Waals surface area contributed by atoms with Crippen LogP contribution >= 0.6 is 23.1 Å². The van der Waals surface area contributed by atoms with E-state index in [1.807, 2.05) is 11.4 Å². The highest BCUT2D eigenvalue weighted by Crippen LogP contribution is 2.10. The van der Waals surface area contributed by atoms with Crippen molar-refractivity contribution in [1.29, 1.82) is 0 Å². The standard InChI is InChI=1S/C12H19NO2S2/c1-15-12(14)11(6-4-7-16-2)13-9-10-5-3-8-17-10/h3,5,8,11,13H,4,6-7,9H2,1-2H3. The maximum atomic E-state index is 11.6. The number of nitrogens with one attached hydrogen (secondary N) is 1. The average molecular weight is 273 g/mol. The Kier molecular flexibility index (Phi) is 7.32. The predicted molar refractivity (Wildman–Crippen MR) is 74.6 cm³/mol. The van der Waals surface area contributed by atoms with Crippen molar-refractivity contribution in [3.8, 4) is 0 Å². The molecular formula is C12H19NO2S2. The first-order valence-electron chi connectivity index (χ1n) is 5.60. The quantitative estimate of drug-likeness (QED) is 0.583. The lowest BCUT2D eigenvalue weighted by atomic mass is 10.1. The zero-order chi connectivity index (χ0) is 12.5. The summed E-state index contributed by atoms with van der Waals surface area (Å²) in [6, 6.07) is 3.89. The van der Waals surface area contributed by atoms with Gasteiger partial charge in [0.15, 0.2) is 0 Å². The number of rotatable bonds is 8. The van der Waals surface area contributed by atoms with Crippen LogP contribution in [0.25, 0.3) is 0 Å². The fourth-order valence-electron chi connectivity index (χ4n) is 1.51. The average Bonchev–Trinajstić information content (AvgIpc) is 2.85. The third kappa shape index (κ3) is 5.57. The van der Waals surface area contributed by atoms with Crippen molar-refractivity contribution in [3.05, 3.63) is 22.4 Å². The number of hydrogen-bond acceptors (Lipinski definition) is 5. The van der Waals surface area contributed by atoms with Crippen molar-refractivity contribution in [2.24, 2.45) is 0 Å². The Morgan fingerprint density at radius 3 is 3.06 bits per heavy atom. The molecule has 0 spiro atoms. The number of thioether (sulfide) groups is 1. The van der Waals surface area contributed by atoms with Crippen LogP contribution in [0.3, 0.4) is 0 Å². The van der Waals surface area contributed by atoms with Crippen LogP contribution in [0.2, 0.25) is 0 Å². The van der Waals surface area contributed by atoms with E-state index < -0.39 is 0 Å². The van der Waals surface area contributed by atoms with Crippen molar-refractivity contribution in [2.45, 2.75) is 25.4 Å². The van der Waals surface area contributed by atoms with E-state index in [1.165, 1.54) is 12.0 Å². The Bertz CT molecular complexity index is 314. The van der Waals surface area contributed by atoms with Gasteiger partial charge in [0, 0.05) is 11.4 Å². The molecule has 0 aliphatic carbocycles. The highest BCUT2D eigenvalue weighted by molar-refractivity contribution is 7.98. The second-order valence-corrected chi connectivity index (χ2v) is 5.69. The molecule has 1 rings (SSSR count). The van der Waals surface area contributed by atoms with Crippen LogP contribution in [0.15, 0.2) is 17.5 Å². The number of hydrogen-bond donors (Lipinski definition) is 1. The molecule has 0 aliphatic heterocycles. The first-order valence-corrected chi connectivity index (χ1v) is 7.87. The molecule has 0 saturated carbocycles. The summed E-state index contributed by atoms with van der Waals surface area (Å²) in [6.45, 7) is 0.733. The summed E-state index contributed by atoms with van der Waals surface area (Å²) in [5, 5.41) is 5.30. The fourth-order valence-corrected chi connectivity index (χ4v) is 2.63. The van der Waals surface area contributed by atoms with E-state index in [-0.39, 0.29) is 12.0 Å². The number of ether oxygens (including phenoxy) is 1. The molecule has 1 aromatic heterocycles. The highest BCUT2D eigenvalue weighted by atomic mass is 32.2. The molecule has 0 aromatic carbocycles. The molecule has 0 fully saturated rings. The summed E-state index contributed by atoms with van der Waals surface area (Å²) in [5.41, 5.74) is 0. The zero-order valence-corrected chi connectivity index (χ0v) is 11.9. The molecule has 96 valence electrons. The minimum absolute atomic E-state index is 0.164. The third-order valence-electron chi connectivity index (χ3n) is 2.43. The Hall–Kier alpha value is -0.520. The van der Waals surface area contributed by atoms with Crippen molar-refractivity contribution >= 4 is 29.1 Å². The van der Waals surface area contributed by atoms with E-state index in [9.17, 15) is 4.79 Å². The molecule has 0 radical (unpaired) electrons. The van der Waals surface area contributed by atoms with E-state index in [0.717, 1.165) is 25.1 Å².